The lowest BCUT2D eigenvalue weighted by Gasteiger charge is -2.09. The monoisotopic (exact) mass is 241 g/mol. The summed E-state index contributed by atoms with van der Waals surface area (Å²) < 4.78 is 5.46. The van der Waals surface area contributed by atoms with Gasteiger partial charge in [0.2, 0.25) is 0 Å². The SMILES string of the molecule is CCOc1ccccc1C(=O)c1ccc(N)cc1. The Morgan fingerprint density at radius 2 is 1.78 bits per heavy atom. The third kappa shape index (κ3) is 2.51. The zero-order valence-electron chi connectivity index (χ0n) is 10.2. The van der Waals surface area contributed by atoms with E-state index >= 15 is 0 Å². The molecule has 92 valence electrons. The van der Waals surface area contributed by atoms with Crippen LogP contribution in [-0.2, 0) is 0 Å². The minimum atomic E-state index is -0.0564. The van der Waals surface area contributed by atoms with E-state index in [-0.39, 0.29) is 5.78 Å². The van der Waals surface area contributed by atoms with Crippen LogP contribution < -0.4 is 10.5 Å². The minimum absolute atomic E-state index is 0.0564. The highest BCUT2D eigenvalue weighted by molar-refractivity contribution is 6.10. The van der Waals surface area contributed by atoms with Crippen molar-refractivity contribution in [3.05, 3.63) is 59.7 Å². The van der Waals surface area contributed by atoms with Gasteiger partial charge in [0.25, 0.3) is 0 Å². The molecule has 2 aromatic rings. The predicted molar refractivity (Wildman–Crippen MR) is 71.9 cm³/mol. The van der Waals surface area contributed by atoms with Crippen LogP contribution in [0.2, 0.25) is 0 Å². The van der Waals surface area contributed by atoms with Gasteiger partial charge in [0.1, 0.15) is 5.75 Å². The molecule has 0 saturated carbocycles. The third-order valence-electron chi connectivity index (χ3n) is 2.60. The number of para-hydroxylation sites is 1. The Labute approximate surface area is 106 Å². The van der Waals surface area contributed by atoms with E-state index in [0.717, 1.165) is 0 Å². The summed E-state index contributed by atoms with van der Waals surface area (Å²) in [6.45, 7) is 2.43. The molecule has 18 heavy (non-hydrogen) atoms. The molecular formula is C15H15NO2. The summed E-state index contributed by atoms with van der Waals surface area (Å²) >= 11 is 0. The van der Waals surface area contributed by atoms with E-state index in [0.29, 0.717) is 29.2 Å². The maximum absolute atomic E-state index is 12.3. The highest BCUT2D eigenvalue weighted by Crippen LogP contribution is 2.21. The number of ether oxygens (including phenoxy) is 1. The summed E-state index contributed by atoms with van der Waals surface area (Å²) in [5.41, 5.74) is 7.43. The number of anilines is 1. The molecule has 0 spiro atoms. The molecule has 0 radical (unpaired) electrons. The van der Waals surface area contributed by atoms with Crippen molar-refractivity contribution in [2.75, 3.05) is 12.3 Å². The Morgan fingerprint density at radius 1 is 1.11 bits per heavy atom. The normalized spacial score (nSPS) is 10.1. The number of ketones is 1. The molecule has 0 heterocycles. The molecule has 0 saturated heterocycles. The second-order valence-corrected chi connectivity index (χ2v) is 3.88. The molecule has 0 aliphatic rings. The van der Waals surface area contributed by atoms with E-state index in [1.54, 1.807) is 36.4 Å². The molecule has 0 fully saturated rings. The van der Waals surface area contributed by atoms with E-state index in [1.807, 2.05) is 19.1 Å². The maximum Gasteiger partial charge on any atom is 0.196 e. The fourth-order valence-corrected chi connectivity index (χ4v) is 1.73. The molecule has 0 aromatic heterocycles. The van der Waals surface area contributed by atoms with Crippen LogP contribution in [0.1, 0.15) is 22.8 Å². The molecule has 0 unspecified atom stereocenters. The van der Waals surface area contributed by atoms with E-state index in [2.05, 4.69) is 0 Å². The van der Waals surface area contributed by atoms with E-state index in [1.165, 1.54) is 0 Å². The van der Waals surface area contributed by atoms with Gasteiger partial charge >= 0.3 is 0 Å². The van der Waals surface area contributed by atoms with Crippen LogP contribution in [-0.4, -0.2) is 12.4 Å². The van der Waals surface area contributed by atoms with Gasteiger partial charge in [-0.3, -0.25) is 4.79 Å². The summed E-state index contributed by atoms with van der Waals surface area (Å²) in [6, 6.07) is 14.1. The standard InChI is InChI=1S/C15H15NO2/c1-2-18-14-6-4-3-5-13(14)15(17)11-7-9-12(16)10-8-11/h3-10H,2,16H2,1H3. The predicted octanol–water partition coefficient (Wildman–Crippen LogP) is 2.90. The molecule has 0 bridgehead atoms. The van der Waals surface area contributed by atoms with Crippen molar-refractivity contribution in [3.63, 3.8) is 0 Å². The van der Waals surface area contributed by atoms with Crippen LogP contribution in [0, 0.1) is 0 Å². The Balaban J connectivity index is 2.36. The molecule has 2 rings (SSSR count). The number of benzene rings is 2. The first-order chi connectivity index (χ1) is 8.72. The van der Waals surface area contributed by atoms with Crippen molar-refractivity contribution in [3.8, 4) is 5.75 Å². The Hall–Kier alpha value is -2.29. The number of carbonyl (C=O) groups is 1. The zero-order chi connectivity index (χ0) is 13.0. The average Bonchev–Trinajstić information content (AvgIpc) is 2.40. The van der Waals surface area contributed by atoms with Gasteiger partial charge in [-0.25, -0.2) is 0 Å². The lowest BCUT2D eigenvalue weighted by Crippen LogP contribution is -2.05. The van der Waals surface area contributed by atoms with Gasteiger partial charge in [-0.1, -0.05) is 12.1 Å². The smallest absolute Gasteiger partial charge is 0.196 e. The lowest BCUT2D eigenvalue weighted by atomic mass is 10.0. The van der Waals surface area contributed by atoms with Crippen molar-refractivity contribution in [2.45, 2.75) is 6.92 Å². The van der Waals surface area contributed by atoms with Gasteiger partial charge in [-0.05, 0) is 43.3 Å². The average molecular weight is 241 g/mol. The van der Waals surface area contributed by atoms with Crippen LogP contribution in [0.25, 0.3) is 0 Å². The number of nitrogens with two attached hydrogens (primary N) is 1. The van der Waals surface area contributed by atoms with Gasteiger partial charge in [0.15, 0.2) is 5.78 Å². The number of nitrogen functional groups attached to an aromatic ring is 1. The van der Waals surface area contributed by atoms with Crippen molar-refractivity contribution in [1.29, 1.82) is 0 Å². The van der Waals surface area contributed by atoms with Crippen molar-refractivity contribution < 1.29 is 9.53 Å². The van der Waals surface area contributed by atoms with Gasteiger partial charge in [0, 0.05) is 11.3 Å². The van der Waals surface area contributed by atoms with Crippen LogP contribution in [0.3, 0.4) is 0 Å². The molecule has 0 amide bonds. The van der Waals surface area contributed by atoms with Crippen molar-refractivity contribution in [1.82, 2.24) is 0 Å². The molecule has 0 atom stereocenters. The second kappa shape index (κ2) is 5.36. The summed E-state index contributed by atoms with van der Waals surface area (Å²) in [5.74, 6) is 0.556. The van der Waals surface area contributed by atoms with E-state index in [9.17, 15) is 4.79 Å². The lowest BCUT2D eigenvalue weighted by molar-refractivity contribution is 0.103. The second-order valence-electron chi connectivity index (χ2n) is 3.88. The molecule has 2 aromatic carbocycles. The first-order valence-corrected chi connectivity index (χ1v) is 5.84. The summed E-state index contributed by atoms with van der Waals surface area (Å²) in [4.78, 5) is 12.3. The number of hydrogen-bond donors (Lipinski definition) is 1. The van der Waals surface area contributed by atoms with Crippen LogP contribution in [0.4, 0.5) is 5.69 Å². The summed E-state index contributed by atoms with van der Waals surface area (Å²) in [5, 5.41) is 0. The molecule has 2 N–H and O–H groups in total. The Kier molecular flexibility index (Phi) is 3.63. The van der Waals surface area contributed by atoms with Crippen molar-refractivity contribution in [2.24, 2.45) is 0 Å². The first-order valence-electron chi connectivity index (χ1n) is 5.84. The molecule has 0 aliphatic heterocycles. The van der Waals surface area contributed by atoms with Crippen molar-refractivity contribution >= 4 is 11.5 Å². The van der Waals surface area contributed by atoms with Crippen LogP contribution >= 0.6 is 0 Å². The number of rotatable bonds is 4. The van der Waals surface area contributed by atoms with Crippen LogP contribution in [0.5, 0.6) is 5.75 Å². The quantitative estimate of drug-likeness (QED) is 0.661. The molecule has 3 nitrogen and oxygen atoms in total. The van der Waals surface area contributed by atoms with E-state index < -0.39 is 0 Å². The molecular weight excluding hydrogens is 226 g/mol. The number of carbonyl (C=O) groups excluding carboxylic acids is 1. The first kappa shape index (κ1) is 12.2. The zero-order valence-corrected chi connectivity index (χ0v) is 10.2. The largest absolute Gasteiger partial charge is 0.493 e. The Bertz CT molecular complexity index is 547. The van der Waals surface area contributed by atoms with Gasteiger partial charge in [-0.15, -0.1) is 0 Å². The van der Waals surface area contributed by atoms with Gasteiger partial charge < -0.3 is 10.5 Å². The highest BCUT2D eigenvalue weighted by Gasteiger charge is 2.13. The van der Waals surface area contributed by atoms with E-state index in [4.69, 9.17) is 10.5 Å². The molecule has 0 aliphatic carbocycles. The van der Waals surface area contributed by atoms with Gasteiger partial charge in [-0.2, -0.15) is 0 Å². The number of hydrogen-bond acceptors (Lipinski definition) is 3. The minimum Gasteiger partial charge on any atom is -0.493 e. The molecule has 3 heteroatoms. The Morgan fingerprint density at radius 3 is 2.44 bits per heavy atom. The maximum atomic E-state index is 12.3. The highest BCUT2D eigenvalue weighted by atomic mass is 16.5. The van der Waals surface area contributed by atoms with Gasteiger partial charge in [0.05, 0.1) is 12.2 Å². The summed E-state index contributed by atoms with van der Waals surface area (Å²) in [6.07, 6.45) is 0. The fraction of sp³-hybridized carbons (Fsp3) is 0.133. The third-order valence-corrected chi connectivity index (χ3v) is 2.60. The van der Waals surface area contributed by atoms with Crippen LogP contribution in [0.15, 0.2) is 48.5 Å². The summed E-state index contributed by atoms with van der Waals surface area (Å²) in [7, 11) is 0. The topological polar surface area (TPSA) is 52.3 Å². The fourth-order valence-electron chi connectivity index (χ4n) is 1.73.